The average Bonchev–Trinajstić information content (AvgIpc) is 2.68. The van der Waals surface area contributed by atoms with Gasteiger partial charge >= 0.3 is 0 Å². The summed E-state index contributed by atoms with van der Waals surface area (Å²) in [5.41, 5.74) is 3.13. The van der Waals surface area contributed by atoms with E-state index >= 15 is 0 Å². The van der Waals surface area contributed by atoms with Crippen molar-refractivity contribution < 1.29 is 9.72 Å². The molecular formula is C24H26N2O3. The van der Waals surface area contributed by atoms with Crippen LogP contribution in [0.15, 0.2) is 48.5 Å². The van der Waals surface area contributed by atoms with Crippen molar-refractivity contribution in [2.45, 2.75) is 50.9 Å². The summed E-state index contributed by atoms with van der Waals surface area (Å²) in [5, 5.41) is 14.0. The molecule has 2 unspecified atom stereocenters. The number of nitro groups is 1. The van der Waals surface area contributed by atoms with Crippen molar-refractivity contribution >= 4 is 17.3 Å². The second-order valence-electron chi connectivity index (χ2n) is 9.65. The molecule has 1 N–H and O–H groups in total. The Morgan fingerprint density at radius 1 is 1.00 bits per heavy atom. The summed E-state index contributed by atoms with van der Waals surface area (Å²) >= 11 is 0. The van der Waals surface area contributed by atoms with Gasteiger partial charge in [-0.05, 0) is 80.4 Å². The van der Waals surface area contributed by atoms with Gasteiger partial charge in [-0.25, -0.2) is 0 Å². The molecule has 4 atom stereocenters. The Labute approximate surface area is 170 Å². The van der Waals surface area contributed by atoms with Crippen LogP contribution in [0.4, 0.5) is 11.4 Å². The van der Waals surface area contributed by atoms with E-state index in [0.717, 1.165) is 19.3 Å². The van der Waals surface area contributed by atoms with Gasteiger partial charge in [0.25, 0.3) is 5.69 Å². The van der Waals surface area contributed by atoms with Gasteiger partial charge in [-0.3, -0.25) is 14.9 Å². The van der Waals surface area contributed by atoms with E-state index in [9.17, 15) is 14.9 Å². The van der Waals surface area contributed by atoms with Crippen LogP contribution in [0.3, 0.4) is 0 Å². The highest BCUT2D eigenvalue weighted by atomic mass is 16.6. The number of rotatable bonds is 4. The number of non-ortho nitro benzene ring substituents is 1. The van der Waals surface area contributed by atoms with E-state index in [2.05, 4.69) is 36.5 Å². The third-order valence-electron chi connectivity index (χ3n) is 7.54. The molecule has 5 nitrogen and oxygen atoms in total. The number of aryl methyl sites for hydroxylation is 1. The minimum absolute atomic E-state index is 0.0381. The molecule has 0 aliphatic heterocycles. The van der Waals surface area contributed by atoms with Crippen LogP contribution >= 0.6 is 0 Å². The number of nitrogens with zero attached hydrogens (tertiary/aromatic N) is 1. The van der Waals surface area contributed by atoms with Crippen molar-refractivity contribution in [3.63, 3.8) is 0 Å². The van der Waals surface area contributed by atoms with Gasteiger partial charge in [0.05, 0.1) is 10.3 Å². The lowest BCUT2D eigenvalue weighted by Crippen LogP contribution is -2.57. The number of anilines is 1. The summed E-state index contributed by atoms with van der Waals surface area (Å²) in [6.45, 7) is 2.11. The van der Waals surface area contributed by atoms with Crippen LogP contribution in [0.5, 0.6) is 0 Å². The summed E-state index contributed by atoms with van der Waals surface area (Å²) in [5.74, 6) is 1.32. The Bertz CT molecular complexity index is 951. The smallest absolute Gasteiger partial charge is 0.269 e. The Morgan fingerprint density at radius 2 is 1.62 bits per heavy atom. The molecule has 4 saturated carbocycles. The van der Waals surface area contributed by atoms with Crippen molar-refractivity contribution in [2.75, 3.05) is 5.32 Å². The topological polar surface area (TPSA) is 72.2 Å². The molecule has 4 bridgehead atoms. The van der Waals surface area contributed by atoms with E-state index < -0.39 is 4.92 Å². The number of hydrogen-bond acceptors (Lipinski definition) is 3. The molecule has 0 saturated heterocycles. The Hall–Kier alpha value is -2.69. The zero-order valence-electron chi connectivity index (χ0n) is 16.7. The molecule has 0 spiro atoms. The molecule has 6 rings (SSSR count). The summed E-state index contributed by atoms with van der Waals surface area (Å²) < 4.78 is 0. The van der Waals surface area contributed by atoms with E-state index in [1.165, 1.54) is 42.5 Å². The number of nitrogens with one attached hydrogen (secondary N) is 1. The number of benzene rings is 2. The number of carbonyl (C=O) groups is 1. The molecule has 0 heterocycles. The van der Waals surface area contributed by atoms with Gasteiger partial charge in [0.1, 0.15) is 0 Å². The normalized spacial score (nSPS) is 32.2. The molecule has 1 amide bonds. The van der Waals surface area contributed by atoms with Gasteiger partial charge in [0.15, 0.2) is 0 Å². The van der Waals surface area contributed by atoms with Crippen LogP contribution in [-0.2, 0) is 10.2 Å². The molecule has 2 aromatic carbocycles. The molecule has 0 aromatic heterocycles. The first-order chi connectivity index (χ1) is 13.9. The predicted octanol–water partition coefficient (Wildman–Crippen LogP) is 5.38. The van der Waals surface area contributed by atoms with E-state index in [4.69, 9.17) is 0 Å². The van der Waals surface area contributed by atoms with Crippen molar-refractivity contribution in [3.05, 3.63) is 69.8 Å². The average molecular weight is 390 g/mol. The van der Waals surface area contributed by atoms with E-state index in [0.29, 0.717) is 17.5 Å². The van der Waals surface area contributed by atoms with Gasteiger partial charge in [-0.15, -0.1) is 0 Å². The van der Waals surface area contributed by atoms with Crippen LogP contribution in [0, 0.1) is 34.3 Å². The molecule has 2 aromatic rings. The quantitative estimate of drug-likeness (QED) is 0.563. The van der Waals surface area contributed by atoms with E-state index in [-0.39, 0.29) is 22.4 Å². The fraction of sp³-hybridized carbons (Fsp3) is 0.458. The fourth-order valence-corrected chi connectivity index (χ4v) is 6.70. The Balaban J connectivity index is 1.43. The highest BCUT2D eigenvalue weighted by molar-refractivity contribution is 5.96. The predicted molar refractivity (Wildman–Crippen MR) is 112 cm³/mol. The third kappa shape index (κ3) is 3.04. The van der Waals surface area contributed by atoms with E-state index in [1.54, 1.807) is 12.1 Å². The minimum atomic E-state index is -0.421. The molecule has 4 aliphatic rings. The van der Waals surface area contributed by atoms with Gasteiger partial charge < -0.3 is 5.32 Å². The second-order valence-corrected chi connectivity index (χ2v) is 9.65. The Kier molecular flexibility index (Phi) is 4.05. The zero-order chi connectivity index (χ0) is 20.2. The Morgan fingerprint density at radius 3 is 2.21 bits per heavy atom. The largest absolute Gasteiger partial charge is 0.326 e. The van der Waals surface area contributed by atoms with Crippen molar-refractivity contribution in [3.8, 4) is 0 Å². The van der Waals surface area contributed by atoms with Crippen LogP contribution < -0.4 is 5.32 Å². The summed E-state index contributed by atoms with van der Waals surface area (Å²) in [6.07, 6.45) is 6.49. The molecule has 150 valence electrons. The molecular weight excluding hydrogens is 364 g/mol. The molecule has 5 heteroatoms. The first-order valence-corrected chi connectivity index (χ1v) is 10.5. The second kappa shape index (κ2) is 6.41. The summed E-state index contributed by atoms with van der Waals surface area (Å²) in [7, 11) is 0. The summed E-state index contributed by atoms with van der Waals surface area (Å²) in [4.78, 5) is 23.9. The lowest BCUT2D eigenvalue weighted by atomic mass is 9.42. The first-order valence-electron chi connectivity index (χ1n) is 10.5. The minimum Gasteiger partial charge on any atom is -0.326 e. The standard InChI is InChI=1S/C24H26N2O3/c1-16-2-4-19(5-3-16)23-11-17-10-18(12-23)14-24(13-17,15-23)22(27)25-20-6-8-21(9-7-20)26(28)29/h2-9,17-18H,10-15H2,1H3,(H,25,27)/t17-,18+,23?,24?. The van der Waals surface area contributed by atoms with E-state index in [1.807, 2.05) is 0 Å². The van der Waals surface area contributed by atoms with Crippen molar-refractivity contribution in [2.24, 2.45) is 17.3 Å². The number of nitro benzene ring substituents is 1. The maximum Gasteiger partial charge on any atom is 0.269 e. The maximum atomic E-state index is 13.5. The van der Waals surface area contributed by atoms with Crippen molar-refractivity contribution in [1.29, 1.82) is 0 Å². The molecule has 4 fully saturated rings. The number of carbonyl (C=O) groups excluding carboxylic acids is 1. The monoisotopic (exact) mass is 390 g/mol. The van der Waals surface area contributed by atoms with Gasteiger partial charge in [0, 0.05) is 17.8 Å². The van der Waals surface area contributed by atoms with Crippen LogP contribution in [0.2, 0.25) is 0 Å². The van der Waals surface area contributed by atoms with Gasteiger partial charge in [-0.2, -0.15) is 0 Å². The first kappa shape index (κ1) is 18.3. The van der Waals surface area contributed by atoms with Gasteiger partial charge in [0.2, 0.25) is 5.91 Å². The lowest BCUT2D eigenvalue weighted by Gasteiger charge is -2.61. The third-order valence-corrected chi connectivity index (χ3v) is 7.54. The van der Waals surface area contributed by atoms with Crippen LogP contribution in [0.1, 0.15) is 49.7 Å². The number of amides is 1. The SMILES string of the molecule is Cc1ccc(C23C[C@@H]4C[C@@H](CC(C(=O)Nc5ccc([N+](=O)[O-])cc5)(C4)C2)C3)cc1. The van der Waals surface area contributed by atoms with Crippen molar-refractivity contribution in [1.82, 2.24) is 0 Å². The lowest BCUT2D eigenvalue weighted by molar-refractivity contribution is -0.384. The van der Waals surface area contributed by atoms with Crippen LogP contribution in [0.25, 0.3) is 0 Å². The maximum absolute atomic E-state index is 13.5. The number of hydrogen-bond donors (Lipinski definition) is 1. The zero-order valence-corrected chi connectivity index (χ0v) is 16.7. The van der Waals surface area contributed by atoms with Gasteiger partial charge in [-0.1, -0.05) is 29.8 Å². The molecule has 4 aliphatic carbocycles. The highest BCUT2D eigenvalue weighted by Gasteiger charge is 2.60. The fourth-order valence-electron chi connectivity index (χ4n) is 6.70. The van der Waals surface area contributed by atoms with Crippen LogP contribution in [-0.4, -0.2) is 10.8 Å². The summed E-state index contributed by atoms with van der Waals surface area (Å²) in [6, 6.07) is 15.1. The molecule has 29 heavy (non-hydrogen) atoms. The molecule has 0 radical (unpaired) electrons. The highest BCUT2D eigenvalue weighted by Crippen LogP contribution is 2.66.